The molecule has 1 aliphatic heterocycles. The van der Waals surface area contributed by atoms with Gasteiger partial charge in [-0.2, -0.15) is 0 Å². The molecule has 2 aromatic heterocycles. The number of benzene rings is 1. The van der Waals surface area contributed by atoms with Gasteiger partial charge in [0, 0.05) is 27.9 Å². The third kappa shape index (κ3) is 3.35. The van der Waals surface area contributed by atoms with Crippen molar-refractivity contribution in [2.24, 2.45) is 0 Å². The Balaban J connectivity index is 1.89. The Kier molecular flexibility index (Phi) is 4.70. The predicted molar refractivity (Wildman–Crippen MR) is 107 cm³/mol. The van der Waals surface area contributed by atoms with Gasteiger partial charge in [0.25, 0.3) is 0 Å². The van der Waals surface area contributed by atoms with Crippen LogP contribution < -0.4 is 5.32 Å². The summed E-state index contributed by atoms with van der Waals surface area (Å²) in [7, 11) is 1.44. The molecule has 1 aliphatic rings. The largest absolute Gasteiger partial charge is 0.465 e. The molecule has 2 N–H and O–H groups in total. The van der Waals surface area contributed by atoms with E-state index in [0.717, 1.165) is 59.5 Å². The van der Waals surface area contributed by atoms with Crippen molar-refractivity contribution in [3.05, 3.63) is 52.8 Å². The lowest BCUT2D eigenvalue weighted by Gasteiger charge is -2.23. The summed E-state index contributed by atoms with van der Waals surface area (Å²) in [6, 6.07) is 10.4. The number of fused-ring (bicyclic) bond motifs is 1. The number of hydrogen-bond donors (Lipinski definition) is 2. The Hall–Kier alpha value is -2.66. The normalized spacial score (nSPS) is 15.2. The van der Waals surface area contributed by atoms with Crippen molar-refractivity contribution in [1.29, 1.82) is 0 Å². The fraction of sp³-hybridized carbons (Fsp3) is 0.364. The summed E-state index contributed by atoms with van der Waals surface area (Å²) in [5.41, 5.74) is 6.46. The standard InChI is InChI=1S/C22H25N3O2/c1-13-10-17(11-14(2)24-13)21-20(22(26)27-3)18-12-16(4-5-19(18)25-21)15-6-8-23-9-7-15/h4-5,10-12,15,23,25H,6-9H2,1-3H3. The SMILES string of the molecule is COC(=O)c1c(-c2cc(C)nc(C)c2)[nH]c2ccc(C3CCNCC3)cc12. The first-order valence-corrected chi connectivity index (χ1v) is 9.47. The third-order valence-corrected chi connectivity index (χ3v) is 5.39. The molecule has 0 amide bonds. The lowest BCUT2D eigenvalue weighted by Crippen LogP contribution is -2.26. The van der Waals surface area contributed by atoms with Gasteiger partial charge < -0.3 is 15.0 Å². The molecule has 0 aliphatic carbocycles. The van der Waals surface area contributed by atoms with Gasteiger partial charge in [0.1, 0.15) is 0 Å². The maximum atomic E-state index is 12.7. The summed E-state index contributed by atoms with van der Waals surface area (Å²) >= 11 is 0. The molecular weight excluding hydrogens is 338 g/mol. The van der Waals surface area contributed by atoms with Crippen LogP contribution in [0.4, 0.5) is 0 Å². The molecule has 27 heavy (non-hydrogen) atoms. The molecule has 0 spiro atoms. The van der Waals surface area contributed by atoms with Gasteiger partial charge in [0.2, 0.25) is 0 Å². The molecule has 4 rings (SSSR count). The lowest BCUT2D eigenvalue weighted by atomic mass is 9.89. The van der Waals surface area contributed by atoms with E-state index in [0.29, 0.717) is 11.5 Å². The third-order valence-electron chi connectivity index (χ3n) is 5.39. The van der Waals surface area contributed by atoms with E-state index in [1.54, 1.807) is 0 Å². The summed E-state index contributed by atoms with van der Waals surface area (Å²) in [4.78, 5) is 20.6. The number of rotatable bonds is 3. The molecule has 3 aromatic rings. The van der Waals surface area contributed by atoms with Gasteiger partial charge in [-0.05, 0) is 75.5 Å². The van der Waals surface area contributed by atoms with E-state index in [1.807, 2.05) is 26.0 Å². The highest BCUT2D eigenvalue weighted by Crippen LogP contribution is 2.35. The number of piperidine rings is 1. The lowest BCUT2D eigenvalue weighted by molar-refractivity contribution is 0.0604. The zero-order valence-electron chi connectivity index (χ0n) is 16.1. The fourth-order valence-electron chi connectivity index (χ4n) is 4.13. The van der Waals surface area contributed by atoms with Crippen LogP contribution in [0, 0.1) is 13.8 Å². The monoisotopic (exact) mass is 363 g/mol. The number of aromatic nitrogens is 2. The number of nitrogens with zero attached hydrogens (tertiary/aromatic N) is 1. The number of pyridine rings is 1. The van der Waals surface area contributed by atoms with Crippen LogP contribution in [0.3, 0.4) is 0 Å². The molecule has 0 unspecified atom stereocenters. The van der Waals surface area contributed by atoms with Gasteiger partial charge in [-0.15, -0.1) is 0 Å². The minimum Gasteiger partial charge on any atom is -0.465 e. The number of methoxy groups -OCH3 is 1. The summed E-state index contributed by atoms with van der Waals surface area (Å²) in [6.07, 6.45) is 2.25. The molecule has 5 heteroatoms. The van der Waals surface area contributed by atoms with Gasteiger partial charge in [0.05, 0.1) is 18.4 Å². The average Bonchev–Trinajstić information content (AvgIpc) is 3.06. The summed E-state index contributed by atoms with van der Waals surface area (Å²) < 4.78 is 5.13. The minimum atomic E-state index is -0.314. The zero-order valence-corrected chi connectivity index (χ0v) is 16.1. The van der Waals surface area contributed by atoms with Gasteiger partial charge in [0.15, 0.2) is 0 Å². The Morgan fingerprint density at radius 3 is 2.48 bits per heavy atom. The van der Waals surface area contributed by atoms with Crippen molar-refractivity contribution in [2.45, 2.75) is 32.6 Å². The van der Waals surface area contributed by atoms with Crippen LogP contribution in [0.1, 0.15) is 46.1 Å². The first kappa shape index (κ1) is 17.7. The Bertz CT molecular complexity index is 980. The number of H-pyrrole nitrogens is 1. The van der Waals surface area contributed by atoms with Gasteiger partial charge in [-0.3, -0.25) is 4.98 Å². The number of carbonyl (C=O) groups is 1. The average molecular weight is 363 g/mol. The molecule has 5 nitrogen and oxygen atoms in total. The first-order valence-electron chi connectivity index (χ1n) is 9.47. The summed E-state index contributed by atoms with van der Waals surface area (Å²) in [6.45, 7) is 6.01. The van der Waals surface area contributed by atoms with E-state index in [9.17, 15) is 4.79 Å². The van der Waals surface area contributed by atoms with E-state index in [4.69, 9.17) is 4.74 Å². The van der Waals surface area contributed by atoms with Crippen LogP contribution in [0.15, 0.2) is 30.3 Å². The number of esters is 1. The molecule has 140 valence electrons. The second-order valence-corrected chi connectivity index (χ2v) is 7.33. The van der Waals surface area contributed by atoms with E-state index in [1.165, 1.54) is 12.7 Å². The zero-order chi connectivity index (χ0) is 19.0. The van der Waals surface area contributed by atoms with E-state index >= 15 is 0 Å². The Labute approximate surface area is 159 Å². The second kappa shape index (κ2) is 7.16. The van der Waals surface area contributed by atoms with Crippen LogP contribution in [-0.2, 0) is 4.74 Å². The van der Waals surface area contributed by atoms with Crippen LogP contribution in [0.25, 0.3) is 22.2 Å². The van der Waals surface area contributed by atoms with Gasteiger partial charge >= 0.3 is 5.97 Å². The van der Waals surface area contributed by atoms with E-state index < -0.39 is 0 Å². The molecule has 1 aromatic carbocycles. The van der Waals surface area contributed by atoms with Crippen LogP contribution in [-0.4, -0.2) is 36.1 Å². The Morgan fingerprint density at radius 2 is 1.81 bits per heavy atom. The number of aromatic amines is 1. The molecule has 3 heterocycles. The molecule has 1 fully saturated rings. The second-order valence-electron chi connectivity index (χ2n) is 7.33. The van der Waals surface area contributed by atoms with E-state index in [-0.39, 0.29) is 5.97 Å². The first-order chi connectivity index (χ1) is 13.1. The van der Waals surface area contributed by atoms with Crippen molar-refractivity contribution in [1.82, 2.24) is 15.3 Å². The Morgan fingerprint density at radius 1 is 1.11 bits per heavy atom. The quantitative estimate of drug-likeness (QED) is 0.688. The van der Waals surface area contributed by atoms with Crippen LogP contribution in [0.2, 0.25) is 0 Å². The highest BCUT2D eigenvalue weighted by Gasteiger charge is 2.23. The minimum absolute atomic E-state index is 0.314. The topological polar surface area (TPSA) is 67.0 Å². The molecule has 1 saturated heterocycles. The molecule has 0 atom stereocenters. The smallest absolute Gasteiger partial charge is 0.340 e. The summed E-state index contributed by atoms with van der Waals surface area (Å²) in [5.74, 6) is 0.218. The van der Waals surface area contributed by atoms with Gasteiger partial charge in [-0.1, -0.05) is 6.07 Å². The fourth-order valence-corrected chi connectivity index (χ4v) is 4.13. The molecule has 0 radical (unpaired) electrons. The van der Waals surface area contributed by atoms with Crippen molar-refractivity contribution >= 4 is 16.9 Å². The van der Waals surface area contributed by atoms with E-state index in [2.05, 4.69) is 33.5 Å². The van der Waals surface area contributed by atoms with Crippen molar-refractivity contribution < 1.29 is 9.53 Å². The maximum Gasteiger partial charge on any atom is 0.340 e. The number of hydrogen-bond acceptors (Lipinski definition) is 4. The van der Waals surface area contributed by atoms with Crippen LogP contribution in [0.5, 0.6) is 0 Å². The molecule has 0 saturated carbocycles. The molecular formula is C22H25N3O2. The van der Waals surface area contributed by atoms with Gasteiger partial charge in [-0.25, -0.2) is 4.79 Å². The number of nitrogens with one attached hydrogen (secondary N) is 2. The predicted octanol–water partition coefficient (Wildman–Crippen LogP) is 4.10. The molecule has 0 bridgehead atoms. The highest BCUT2D eigenvalue weighted by molar-refractivity contribution is 6.10. The highest BCUT2D eigenvalue weighted by atomic mass is 16.5. The number of ether oxygens (including phenoxy) is 1. The van der Waals surface area contributed by atoms with Crippen LogP contribution >= 0.6 is 0 Å². The summed E-state index contributed by atoms with van der Waals surface area (Å²) in [5, 5.41) is 4.34. The van der Waals surface area contributed by atoms with Crippen molar-refractivity contribution in [2.75, 3.05) is 20.2 Å². The maximum absolute atomic E-state index is 12.7. The number of aryl methyl sites for hydroxylation is 2. The van der Waals surface area contributed by atoms with Crippen molar-refractivity contribution in [3.63, 3.8) is 0 Å². The van der Waals surface area contributed by atoms with Crippen molar-refractivity contribution in [3.8, 4) is 11.3 Å². The number of carbonyl (C=O) groups excluding carboxylic acids is 1.